The molecule has 0 heterocycles. The number of rotatable bonds is 4. The number of alkyl halides is 3. The standard InChI is InChI=1S/C11H13F3N2S/c1-16(7-11(12,13)14)6-8-3-2-4-9(5-8)10(15)17/h2-5H,6-7H2,1H3,(H2,15,17). The largest absolute Gasteiger partial charge is 0.401 e. The van der Waals surface area contributed by atoms with Gasteiger partial charge in [-0.3, -0.25) is 4.90 Å². The molecule has 17 heavy (non-hydrogen) atoms. The number of benzene rings is 1. The van der Waals surface area contributed by atoms with Gasteiger partial charge in [-0.25, -0.2) is 0 Å². The fourth-order valence-electron chi connectivity index (χ4n) is 1.50. The summed E-state index contributed by atoms with van der Waals surface area (Å²) in [6.45, 7) is -0.736. The molecular weight excluding hydrogens is 249 g/mol. The van der Waals surface area contributed by atoms with E-state index in [0.717, 1.165) is 5.56 Å². The zero-order valence-electron chi connectivity index (χ0n) is 9.29. The number of hydrogen-bond acceptors (Lipinski definition) is 2. The van der Waals surface area contributed by atoms with E-state index in [0.29, 0.717) is 5.56 Å². The van der Waals surface area contributed by atoms with Gasteiger partial charge in [-0.05, 0) is 18.7 Å². The van der Waals surface area contributed by atoms with E-state index >= 15 is 0 Å². The number of thiocarbonyl (C=S) groups is 1. The Morgan fingerprint density at radius 1 is 1.41 bits per heavy atom. The lowest BCUT2D eigenvalue weighted by molar-refractivity contribution is -0.144. The number of halogens is 3. The lowest BCUT2D eigenvalue weighted by Crippen LogP contribution is -2.30. The average molecular weight is 262 g/mol. The Morgan fingerprint density at radius 2 is 2.06 bits per heavy atom. The Bertz CT molecular complexity index is 404. The maximum atomic E-state index is 12.1. The van der Waals surface area contributed by atoms with Gasteiger partial charge in [-0.2, -0.15) is 13.2 Å². The Kier molecular flexibility index (Phi) is 4.47. The van der Waals surface area contributed by atoms with E-state index in [1.165, 1.54) is 11.9 Å². The molecule has 1 aromatic carbocycles. The normalized spacial score (nSPS) is 11.8. The van der Waals surface area contributed by atoms with E-state index in [9.17, 15) is 13.2 Å². The molecule has 2 nitrogen and oxygen atoms in total. The Morgan fingerprint density at radius 3 is 2.59 bits per heavy atom. The van der Waals surface area contributed by atoms with Crippen molar-refractivity contribution < 1.29 is 13.2 Å². The summed E-state index contributed by atoms with van der Waals surface area (Å²) in [7, 11) is 1.42. The van der Waals surface area contributed by atoms with E-state index in [1.807, 2.05) is 0 Å². The number of nitrogens with zero attached hydrogens (tertiary/aromatic N) is 1. The summed E-state index contributed by atoms with van der Waals surface area (Å²) in [5, 5.41) is 0. The highest BCUT2D eigenvalue weighted by Gasteiger charge is 2.28. The van der Waals surface area contributed by atoms with E-state index in [1.54, 1.807) is 24.3 Å². The maximum absolute atomic E-state index is 12.1. The van der Waals surface area contributed by atoms with E-state index < -0.39 is 12.7 Å². The van der Waals surface area contributed by atoms with Crippen molar-refractivity contribution in [2.75, 3.05) is 13.6 Å². The molecule has 0 saturated carbocycles. The molecule has 0 aliphatic heterocycles. The molecule has 1 rings (SSSR count). The second-order valence-corrected chi connectivity index (χ2v) is 4.29. The van der Waals surface area contributed by atoms with Crippen LogP contribution in [0.25, 0.3) is 0 Å². The van der Waals surface area contributed by atoms with Gasteiger partial charge in [-0.15, -0.1) is 0 Å². The summed E-state index contributed by atoms with van der Waals surface area (Å²) in [4.78, 5) is 1.43. The fraction of sp³-hybridized carbons (Fsp3) is 0.364. The third-order valence-corrected chi connectivity index (χ3v) is 2.35. The molecule has 0 amide bonds. The van der Waals surface area contributed by atoms with Crippen molar-refractivity contribution in [1.29, 1.82) is 0 Å². The van der Waals surface area contributed by atoms with Crippen LogP contribution in [0.15, 0.2) is 24.3 Å². The molecule has 1 aromatic rings. The zero-order valence-corrected chi connectivity index (χ0v) is 10.1. The molecule has 0 fully saturated rings. The van der Waals surface area contributed by atoms with Crippen molar-refractivity contribution in [2.45, 2.75) is 12.7 Å². The lowest BCUT2D eigenvalue weighted by Gasteiger charge is -2.18. The van der Waals surface area contributed by atoms with Crippen LogP contribution in [0.5, 0.6) is 0 Å². The highest BCUT2D eigenvalue weighted by molar-refractivity contribution is 7.80. The third-order valence-electron chi connectivity index (χ3n) is 2.11. The van der Waals surface area contributed by atoms with Crippen molar-refractivity contribution >= 4 is 17.2 Å². The van der Waals surface area contributed by atoms with Crippen molar-refractivity contribution in [3.05, 3.63) is 35.4 Å². The SMILES string of the molecule is CN(Cc1cccc(C(N)=S)c1)CC(F)(F)F. The minimum Gasteiger partial charge on any atom is -0.389 e. The summed E-state index contributed by atoms with van der Waals surface area (Å²) >= 11 is 4.81. The molecule has 6 heteroatoms. The molecule has 0 aromatic heterocycles. The summed E-state index contributed by atoms with van der Waals surface area (Å²) in [6.07, 6.45) is -4.18. The smallest absolute Gasteiger partial charge is 0.389 e. The van der Waals surface area contributed by atoms with Crippen LogP contribution in [-0.4, -0.2) is 29.7 Å². The van der Waals surface area contributed by atoms with Crippen molar-refractivity contribution in [3.8, 4) is 0 Å². The molecule has 2 N–H and O–H groups in total. The number of hydrogen-bond donors (Lipinski definition) is 1. The van der Waals surface area contributed by atoms with Gasteiger partial charge in [0, 0.05) is 12.1 Å². The fourth-order valence-corrected chi connectivity index (χ4v) is 1.62. The zero-order chi connectivity index (χ0) is 13.1. The lowest BCUT2D eigenvalue weighted by atomic mass is 10.1. The van der Waals surface area contributed by atoms with Crippen molar-refractivity contribution in [2.24, 2.45) is 5.73 Å². The van der Waals surface area contributed by atoms with Crippen molar-refractivity contribution in [3.63, 3.8) is 0 Å². The van der Waals surface area contributed by atoms with Crippen LogP contribution in [0.3, 0.4) is 0 Å². The Labute approximate surface area is 103 Å². The topological polar surface area (TPSA) is 29.3 Å². The molecule has 0 radical (unpaired) electrons. The minimum absolute atomic E-state index is 0.204. The van der Waals surface area contributed by atoms with E-state index in [4.69, 9.17) is 18.0 Å². The van der Waals surface area contributed by atoms with Gasteiger partial charge in [0.1, 0.15) is 4.99 Å². The van der Waals surface area contributed by atoms with E-state index in [-0.39, 0.29) is 11.5 Å². The van der Waals surface area contributed by atoms with Crippen LogP contribution in [0.2, 0.25) is 0 Å². The monoisotopic (exact) mass is 262 g/mol. The van der Waals surface area contributed by atoms with Crippen LogP contribution in [0, 0.1) is 0 Å². The first-order valence-corrected chi connectivity index (χ1v) is 5.33. The molecule has 0 aliphatic carbocycles. The molecule has 94 valence electrons. The van der Waals surface area contributed by atoms with Gasteiger partial charge in [-0.1, -0.05) is 30.4 Å². The first-order valence-electron chi connectivity index (χ1n) is 4.92. The van der Waals surface area contributed by atoms with Gasteiger partial charge < -0.3 is 5.73 Å². The summed E-state index contributed by atoms with van der Waals surface area (Å²) in [6, 6.07) is 6.91. The van der Waals surface area contributed by atoms with Gasteiger partial charge in [0.2, 0.25) is 0 Å². The average Bonchev–Trinajstić information content (AvgIpc) is 2.14. The molecule has 0 aliphatic rings. The van der Waals surface area contributed by atoms with Gasteiger partial charge in [0.05, 0.1) is 6.54 Å². The second-order valence-electron chi connectivity index (χ2n) is 3.85. The second kappa shape index (κ2) is 5.46. The first kappa shape index (κ1) is 13.9. The predicted molar refractivity (Wildman–Crippen MR) is 64.7 cm³/mol. The van der Waals surface area contributed by atoms with Gasteiger partial charge in [0.15, 0.2) is 0 Å². The van der Waals surface area contributed by atoms with Crippen LogP contribution >= 0.6 is 12.2 Å². The summed E-state index contributed by atoms with van der Waals surface area (Å²) in [5.41, 5.74) is 6.87. The maximum Gasteiger partial charge on any atom is 0.401 e. The van der Waals surface area contributed by atoms with Gasteiger partial charge in [0.25, 0.3) is 0 Å². The molecule has 0 atom stereocenters. The molecule has 0 saturated heterocycles. The van der Waals surface area contributed by atoms with Crippen LogP contribution in [0.1, 0.15) is 11.1 Å². The minimum atomic E-state index is -4.18. The number of nitrogens with two attached hydrogens (primary N) is 1. The predicted octanol–water partition coefficient (Wildman–Crippen LogP) is 2.31. The molecular formula is C11H13F3N2S. The molecule has 0 bridgehead atoms. The Hall–Kier alpha value is -1.14. The van der Waals surface area contributed by atoms with E-state index in [2.05, 4.69) is 0 Å². The van der Waals surface area contributed by atoms with Crippen LogP contribution in [-0.2, 0) is 6.54 Å². The van der Waals surface area contributed by atoms with Crippen molar-refractivity contribution in [1.82, 2.24) is 4.90 Å². The first-order chi connectivity index (χ1) is 7.78. The third kappa shape index (κ3) is 5.14. The van der Waals surface area contributed by atoms with Gasteiger partial charge >= 0.3 is 6.18 Å². The molecule has 0 unspecified atom stereocenters. The van der Waals surface area contributed by atoms with Crippen LogP contribution in [0.4, 0.5) is 13.2 Å². The van der Waals surface area contributed by atoms with Crippen LogP contribution < -0.4 is 5.73 Å². The molecule has 0 spiro atoms. The quantitative estimate of drug-likeness (QED) is 0.844. The highest BCUT2D eigenvalue weighted by Crippen LogP contribution is 2.17. The Balaban J connectivity index is 2.68. The highest BCUT2D eigenvalue weighted by atomic mass is 32.1. The summed E-state index contributed by atoms with van der Waals surface area (Å²) in [5.74, 6) is 0. The summed E-state index contributed by atoms with van der Waals surface area (Å²) < 4.78 is 36.4.